The van der Waals surface area contributed by atoms with Crippen molar-refractivity contribution in [3.63, 3.8) is 0 Å². The number of rotatable bonds is 4. The molecule has 0 aromatic rings. The third-order valence-corrected chi connectivity index (χ3v) is 58.1. The van der Waals surface area contributed by atoms with Crippen molar-refractivity contribution in [1.29, 1.82) is 0 Å². The SMILES string of the molecule is C[Si](C)=[Hf]([C]1=C(C(C)(C)C)C=CC1)[C]1=C(C(C)(C)C)C=CC1.C[Si](C)=[Hf]([C]1=C(C(C)(C)C)C=CC1)[C]1=C(C(C)(C)C)C=CC1.Cl.Cl. The standard InChI is InChI=1S/4C9H13.2C2H6Si.2ClH.2Hf/c4*1-9(2,3)8-6-4-5-7-8;2*1-3-2;;;;/h4*4,6H,5H2,1-3H3;2*1-2H3;2*1H;;. The summed E-state index contributed by atoms with van der Waals surface area (Å²) in [5.74, 6) is 0. The van der Waals surface area contributed by atoms with E-state index in [1.165, 1.54) is 25.7 Å². The Morgan fingerprint density at radius 1 is 0.391 bits per heavy atom. The van der Waals surface area contributed by atoms with Gasteiger partial charge in [-0.25, -0.2) is 0 Å². The molecule has 4 aliphatic rings. The molecule has 0 amide bonds. The van der Waals surface area contributed by atoms with Crippen LogP contribution < -0.4 is 0 Å². The molecular weight excluding hydrogens is 964 g/mol. The molecule has 0 unspecified atom stereocenters. The summed E-state index contributed by atoms with van der Waals surface area (Å²) in [6.45, 7) is 39.1. The average molecular weight is 1030 g/mol. The van der Waals surface area contributed by atoms with Crippen LogP contribution in [0.5, 0.6) is 0 Å². The fourth-order valence-corrected chi connectivity index (χ4v) is 61.2. The Kier molecular flexibility index (Phi) is 16.8. The second-order valence-corrected chi connectivity index (χ2v) is 65.5. The Balaban J connectivity index is 0.000000441. The van der Waals surface area contributed by atoms with Crippen molar-refractivity contribution in [2.24, 2.45) is 21.7 Å². The Hall–Kier alpha value is 0.674. The Morgan fingerprint density at radius 2 is 0.565 bits per heavy atom. The minimum Gasteiger partial charge on any atom is -0.147 e. The van der Waals surface area contributed by atoms with Crippen LogP contribution in [-0.2, 0) is 40.1 Å². The molecule has 0 saturated carbocycles. The molecule has 0 fully saturated rings. The second kappa shape index (κ2) is 17.3. The van der Waals surface area contributed by atoms with Crippen molar-refractivity contribution in [2.45, 2.75) is 135 Å². The van der Waals surface area contributed by atoms with Gasteiger partial charge in [0.1, 0.15) is 0 Å². The molecule has 0 radical (unpaired) electrons. The van der Waals surface area contributed by atoms with Crippen LogP contribution in [0.3, 0.4) is 0 Å². The Bertz CT molecular complexity index is 1270. The zero-order valence-corrected chi connectivity index (χ0v) is 43.1. The molecule has 0 heterocycles. The van der Waals surface area contributed by atoms with Crippen molar-refractivity contribution in [3.05, 3.63) is 84.2 Å². The summed E-state index contributed by atoms with van der Waals surface area (Å²) in [5, 5.41) is 0. The van der Waals surface area contributed by atoms with E-state index in [2.05, 4.69) is 158 Å². The fraction of sp³-hybridized carbons (Fsp3) is 0.600. The van der Waals surface area contributed by atoms with Gasteiger partial charge in [0.15, 0.2) is 0 Å². The van der Waals surface area contributed by atoms with Crippen LogP contribution in [0.2, 0.25) is 26.2 Å². The van der Waals surface area contributed by atoms with E-state index in [0.717, 1.165) is 0 Å². The molecular formula is C40H66Cl2Hf2Si2. The largest absolute Gasteiger partial charge is 0.147 e. The first-order valence-corrected chi connectivity index (χ1v) is 40.0. The summed E-state index contributed by atoms with van der Waals surface area (Å²) in [5.41, 5.74) is 7.58. The molecule has 0 bridgehead atoms. The maximum Gasteiger partial charge on any atom is -0.147 e. The maximum atomic E-state index is 2.59. The summed E-state index contributed by atoms with van der Waals surface area (Å²) < 4.78 is 7.71. The fourth-order valence-electron chi connectivity index (χ4n) is 7.35. The number of halogens is 2. The van der Waals surface area contributed by atoms with Gasteiger partial charge in [0.05, 0.1) is 0 Å². The number of hydrogen-bond acceptors (Lipinski definition) is 0. The molecule has 46 heavy (non-hydrogen) atoms. The minimum absolute atomic E-state index is 0. The van der Waals surface area contributed by atoms with E-state index in [0.29, 0.717) is 21.7 Å². The van der Waals surface area contributed by atoms with Gasteiger partial charge in [-0.3, -0.25) is 0 Å². The molecule has 0 saturated heterocycles. The zero-order valence-electron chi connectivity index (χ0n) is 32.3. The molecule has 4 rings (SSSR count). The zero-order chi connectivity index (χ0) is 33.4. The second-order valence-electron chi connectivity index (χ2n) is 17.7. The van der Waals surface area contributed by atoms with Gasteiger partial charge in [-0.05, 0) is 0 Å². The van der Waals surface area contributed by atoms with E-state index >= 15 is 0 Å². The third-order valence-electron chi connectivity index (χ3n) is 9.17. The van der Waals surface area contributed by atoms with Crippen molar-refractivity contribution >= 4 is 35.8 Å². The molecule has 0 N–H and O–H groups in total. The first-order chi connectivity index (χ1) is 20.1. The van der Waals surface area contributed by atoms with Gasteiger partial charge in [-0.1, -0.05) is 0 Å². The topological polar surface area (TPSA) is 0 Å². The summed E-state index contributed by atoms with van der Waals surface area (Å²) in [6, 6.07) is 0. The van der Waals surface area contributed by atoms with Crippen LogP contribution in [0.4, 0.5) is 0 Å². The van der Waals surface area contributed by atoms with Gasteiger partial charge in [-0.2, -0.15) is 0 Å². The van der Waals surface area contributed by atoms with E-state index in [9.17, 15) is 0 Å². The minimum atomic E-state index is -1.89. The van der Waals surface area contributed by atoms with Gasteiger partial charge in [-0.15, -0.1) is 24.8 Å². The average Bonchev–Trinajstić information content (AvgIpc) is 3.64. The molecule has 0 atom stereocenters. The van der Waals surface area contributed by atoms with Crippen molar-refractivity contribution < 1.29 is 40.1 Å². The third kappa shape index (κ3) is 10.8. The smallest absolute Gasteiger partial charge is 0.147 e. The summed E-state index contributed by atoms with van der Waals surface area (Å²) in [4.78, 5) is 0. The van der Waals surface area contributed by atoms with Crippen molar-refractivity contribution in [1.82, 2.24) is 0 Å². The van der Waals surface area contributed by atoms with Crippen LogP contribution in [0.1, 0.15) is 109 Å². The first kappa shape index (κ1) is 44.7. The quantitative estimate of drug-likeness (QED) is 0.246. The monoisotopic (exact) mass is 1030 g/mol. The molecule has 0 nitrogen and oxygen atoms in total. The van der Waals surface area contributed by atoms with Gasteiger partial charge in [0, 0.05) is 0 Å². The van der Waals surface area contributed by atoms with E-state index < -0.39 is 40.1 Å². The normalized spacial score (nSPS) is 17.9. The molecule has 6 heteroatoms. The first-order valence-electron chi connectivity index (χ1n) is 17.0. The molecule has 4 aliphatic carbocycles. The van der Waals surface area contributed by atoms with Crippen molar-refractivity contribution in [2.75, 3.05) is 0 Å². The molecule has 0 aliphatic heterocycles. The van der Waals surface area contributed by atoms with Gasteiger partial charge >= 0.3 is 292 Å². The molecule has 0 aromatic carbocycles. The van der Waals surface area contributed by atoms with Crippen LogP contribution in [0.25, 0.3) is 0 Å². The van der Waals surface area contributed by atoms with E-state index in [4.69, 9.17) is 0 Å². The predicted molar refractivity (Wildman–Crippen MR) is 210 cm³/mol. The van der Waals surface area contributed by atoms with Crippen LogP contribution in [0, 0.1) is 21.7 Å². The van der Waals surface area contributed by atoms with E-state index in [1.807, 2.05) is 13.3 Å². The Labute approximate surface area is 313 Å². The van der Waals surface area contributed by atoms with E-state index in [-0.39, 0.29) is 35.8 Å². The van der Waals surface area contributed by atoms with Crippen LogP contribution in [0.15, 0.2) is 84.2 Å². The van der Waals surface area contributed by atoms with Crippen LogP contribution >= 0.6 is 24.8 Å². The van der Waals surface area contributed by atoms with E-state index in [1.54, 1.807) is 22.3 Å². The van der Waals surface area contributed by atoms with Gasteiger partial charge < -0.3 is 0 Å². The maximum absolute atomic E-state index is 2.59. The summed E-state index contributed by atoms with van der Waals surface area (Å²) >= 11 is -3.78. The number of allylic oxidation sites excluding steroid dienone is 16. The van der Waals surface area contributed by atoms with Gasteiger partial charge in [0.2, 0.25) is 0 Å². The summed E-state index contributed by atoms with van der Waals surface area (Å²) in [6.07, 6.45) is 24.6. The summed E-state index contributed by atoms with van der Waals surface area (Å²) in [7, 11) is 0. The molecule has 0 spiro atoms. The number of hydrogen-bond donors (Lipinski definition) is 0. The molecule has 256 valence electrons. The van der Waals surface area contributed by atoms with Crippen LogP contribution in [-0.4, -0.2) is 11.0 Å². The predicted octanol–water partition coefficient (Wildman–Crippen LogP) is 13.6. The Morgan fingerprint density at radius 3 is 0.696 bits per heavy atom. The van der Waals surface area contributed by atoms with Gasteiger partial charge in [0.25, 0.3) is 0 Å². The molecule has 0 aromatic heterocycles. The van der Waals surface area contributed by atoms with Crippen molar-refractivity contribution in [3.8, 4) is 0 Å².